The lowest BCUT2D eigenvalue weighted by atomic mass is 10.0. The van der Waals surface area contributed by atoms with Crippen molar-refractivity contribution in [3.63, 3.8) is 0 Å². The summed E-state index contributed by atoms with van der Waals surface area (Å²) >= 11 is 0. The lowest BCUT2D eigenvalue weighted by Gasteiger charge is -2.05. The van der Waals surface area contributed by atoms with E-state index in [1.54, 1.807) is 6.08 Å². The Bertz CT molecular complexity index is 757. The minimum atomic E-state index is 0.405. The molecule has 2 rings (SSSR count). The van der Waals surface area contributed by atoms with E-state index in [2.05, 4.69) is 44.5 Å². The third kappa shape index (κ3) is 2.41. The summed E-state index contributed by atoms with van der Waals surface area (Å²) < 4.78 is 2.04. The SMILES string of the molecule is C=C/C=C(\C=C)c1ccc2c(c1)c(C=C)c(C=C)n2CN. The van der Waals surface area contributed by atoms with Crippen LogP contribution in [0.5, 0.6) is 0 Å². The molecule has 106 valence electrons. The van der Waals surface area contributed by atoms with Crippen LogP contribution in [0.25, 0.3) is 28.6 Å². The lowest BCUT2D eigenvalue weighted by Crippen LogP contribution is -2.08. The Hall–Kier alpha value is -2.58. The zero-order valence-corrected chi connectivity index (χ0v) is 12.2. The molecule has 0 radical (unpaired) electrons. The van der Waals surface area contributed by atoms with Crippen molar-refractivity contribution in [3.8, 4) is 0 Å². The maximum absolute atomic E-state index is 5.87. The predicted molar refractivity (Wildman–Crippen MR) is 94.7 cm³/mol. The van der Waals surface area contributed by atoms with Crippen LogP contribution in [0, 0.1) is 0 Å². The highest BCUT2D eigenvalue weighted by Crippen LogP contribution is 2.30. The van der Waals surface area contributed by atoms with Crippen molar-refractivity contribution < 1.29 is 0 Å². The first-order chi connectivity index (χ1) is 10.2. The van der Waals surface area contributed by atoms with Crippen LogP contribution < -0.4 is 5.73 Å². The Kier molecular flexibility index (Phi) is 4.41. The van der Waals surface area contributed by atoms with Gasteiger partial charge in [0.15, 0.2) is 0 Å². The van der Waals surface area contributed by atoms with Crippen molar-refractivity contribution in [2.24, 2.45) is 5.73 Å². The Morgan fingerprint density at radius 1 is 1.14 bits per heavy atom. The summed E-state index contributed by atoms with van der Waals surface area (Å²) in [5.41, 5.74) is 11.1. The third-order valence-electron chi connectivity index (χ3n) is 3.57. The van der Waals surface area contributed by atoms with E-state index in [0.29, 0.717) is 6.67 Å². The first-order valence-electron chi connectivity index (χ1n) is 6.78. The molecule has 2 aromatic rings. The highest BCUT2D eigenvalue weighted by atomic mass is 15.1. The van der Waals surface area contributed by atoms with Gasteiger partial charge in [0.1, 0.15) is 0 Å². The summed E-state index contributed by atoms with van der Waals surface area (Å²) in [6.07, 6.45) is 9.19. The van der Waals surface area contributed by atoms with Crippen molar-refractivity contribution >= 4 is 28.6 Å². The van der Waals surface area contributed by atoms with Gasteiger partial charge in [-0.15, -0.1) is 0 Å². The Morgan fingerprint density at radius 2 is 1.90 bits per heavy atom. The standard InChI is InChI=1S/C19H20N2/c1-5-9-14(6-2)15-10-11-19-17(12-15)16(7-3)18(8-4)21(19)13-20/h5-12H,1-4,13,20H2/b14-9+. The number of hydrogen-bond donors (Lipinski definition) is 1. The normalized spacial score (nSPS) is 11.4. The Morgan fingerprint density at radius 3 is 2.43 bits per heavy atom. The van der Waals surface area contributed by atoms with Crippen molar-refractivity contribution in [2.45, 2.75) is 6.67 Å². The zero-order chi connectivity index (χ0) is 15.4. The van der Waals surface area contributed by atoms with Crippen molar-refractivity contribution in [2.75, 3.05) is 0 Å². The first-order valence-corrected chi connectivity index (χ1v) is 6.78. The maximum Gasteiger partial charge on any atom is 0.0707 e. The largest absolute Gasteiger partial charge is 0.327 e. The number of rotatable bonds is 6. The summed E-state index contributed by atoms with van der Waals surface area (Å²) in [5.74, 6) is 0. The van der Waals surface area contributed by atoms with E-state index in [4.69, 9.17) is 5.73 Å². The number of nitrogens with zero attached hydrogens (tertiary/aromatic N) is 1. The lowest BCUT2D eigenvalue weighted by molar-refractivity contribution is 0.756. The van der Waals surface area contributed by atoms with Crippen LogP contribution in [0.15, 0.2) is 62.7 Å². The fourth-order valence-electron chi connectivity index (χ4n) is 2.62. The molecule has 0 saturated carbocycles. The molecule has 1 aromatic heterocycles. The van der Waals surface area contributed by atoms with Crippen LogP contribution >= 0.6 is 0 Å². The molecule has 0 aliphatic rings. The molecule has 2 heteroatoms. The molecule has 0 aliphatic heterocycles. The van der Waals surface area contributed by atoms with Crippen LogP contribution in [0.2, 0.25) is 0 Å². The van der Waals surface area contributed by atoms with Crippen LogP contribution in [-0.4, -0.2) is 4.57 Å². The van der Waals surface area contributed by atoms with Crippen LogP contribution in [0.1, 0.15) is 16.8 Å². The van der Waals surface area contributed by atoms with Gasteiger partial charge < -0.3 is 10.3 Å². The van der Waals surface area contributed by atoms with Gasteiger partial charge in [0.2, 0.25) is 0 Å². The van der Waals surface area contributed by atoms with Gasteiger partial charge >= 0.3 is 0 Å². The number of hydrogen-bond acceptors (Lipinski definition) is 1. The molecule has 21 heavy (non-hydrogen) atoms. The van der Waals surface area contributed by atoms with E-state index in [0.717, 1.165) is 33.3 Å². The van der Waals surface area contributed by atoms with Gasteiger partial charge in [0.25, 0.3) is 0 Å². The van der Waals surface area contributed by atoms with Crippen molar-refractivity contribution in [1.29, 1.82) is 0 Å². The number of aromatic nitrogens is 1. The van der Waals surface area contributed by atoms with Crippen molar-refractivity contribution in [3.05, 3.63) is 79.6 Å². The molecule has 0 spiro atoms. The highest BCUT2D eigenvalue weighted by molar-refractivity contribution is 5.96. The van der Waals surface area contributed by atoms with Gasteiger partial charge in [-0.3, -0.25) is 0 Å². The number of benzene rings is 1. The molecule has 0 saturated heterocycles. The molecular weight excluding hydrogens is 256 g/mol. The molecule has 1 heterocycles. The van der Waals surface area contributed by atoms with Crippen molar-refractivity contribution in [1.82, 2.24) is 4.57 Å². The summed E-state index contributed by atoms with van der Waals surface area (Å²) in [7, 11) is 0. The minimum absolute atomic E-state index is 0.405. The van der Waals surface area contributed by atoms with Crippen LogP contribution in [0.3, 0.4) is 0 Å². The van der Waals surface area contributed by atoms with E-state index < -0.39 is 0 Å². The fraction of sp³-hybridized carbons (Fsp3) is 0.0526. The second-order valence-electron chi connectivity index (χ2n) is 4.61. The number of nitrogens with two attached hydrogens (primary N) is 1. The molecule has 0 unspecified atom stereocenters. The van der Waals surface area contributed by atoms with E-state index in [-0.39, 0.29) is 0 Å². The van der Waals surface area contributed by atoms with Gasteiger partial charge in [-0.05, 0) is 29.3 Å². The van der Waals surface area contributed by atoms with Gasteiger partial charge in [0.05, 0.1) is 12.2 Å². The Balaban J connectivity index is 2.82. The van der Waals surface area contributed by atoms with E-state index in [1.807, 2.05) is 28.9 Å². The van der Waals surface area contributed by atoms with Crippen LogP contribution in [-0.2, 0) is 6.67 Å². The molecule has 0 aliphatic carbocycles. The molecule has 0 bridgehead atoms. The smallest absolute Gasteiger partial charge is 0.0707 e. The average molecular weight is 276 g/mol. The molecule has 0 fully saturated rings. The minimum Gasteiger partial charge on any atom is -0.327 e. The van der Waals surface area contributed by atoms with Gasteiger partial charge in [-0.25, -0.2) is 0 Å². The van der Waals surface area contributed by atoms with E-state index in [9.17, 15) is 0 Å². The summed E-state index contributed by atoms with van der Waals surface area (Å²) in [5, 5.41) is 1.11. The fourth-order valence-corrected chi connectivity index (χ4v) is 2.62. The topological polar surface area (TPSA) is 30.9 Å². The zero-order valence-electron chi connectivity index (χ0n) is 12.2. The molecule has 2 nitrogen and oxygen atoms in total. The molecule has 0 amide bonds. The summed E-state index contributed by atoms with van der Waals surface area (Å²) in [4.78, 5) is 0. The monoisotopic (exact) mass is 276 g/mol. The van der Waals surface area contributed by atoms with Crippen LogP contribution in [0.4, 0.5) is 0 Å². The molecule has 2 N–H and O–H groups in total. The number of fused-ring (bicyclic) bond motifs is 1. The van der Waals surface area contributed by atoms with E-state index in [1.165, 1.54) is 0 Å². The quantitative estimate of drug-likeness (QED) is 0.768. The highest BCUT2D eigenvalue weighted by Gasteiger charge is 2.13. The second kappa shape index (κ2) is 6.25. The Labute approximate surface area is 125 Å². The van der Waals surface area contributed by atoms with Gasteiger partial charge in [-0.1, -0.05) is 56.7 Å². The summed E-state index contributed by atoms with van der Waals surface area (Å²) in [6, 6.07) is 6.26. The second-order valence-corrected chi connectivity index (χ2v) is 4.61. The number of allylic oxidation sites excluding steroid dienone is 4. The molecule has 0 atom stereocenters. The summed E-state index contributed by atoms with van der Waals surface area (Å²) in [6.45, 7) is 15.8. The van der Waals surface area contributed by atoms with E-state index >= 15 is 0 Å². The first kappa shape index (κ1) is 14.8. The third-order valence-corrected chi connectivity index (χ3v) is 3.57. The maximum atomic E-state index is 5.87. The molecular formula is C19H20N2. The molecule has 1 aromatic carbocycles. The predicted octanol–water partition coefficient (Wildman–Crippen LogP) is 4.60. The average Bonchev–Trinajstić information content (AvgIpc) is 2.84. The van der Waals surface area contributed by atoms with Gasteiger partial charge in [-0.2, -0.15) is 0 Å². The van der Waals surface area contributed by atoms with Gasteiger partial charge in [0, 0.05) is 16.6 Å².